The molecule has 0 saturated carbocycles. The molecule has 1 aliphatic carbocycles. The summed E-state index contributed by atoms with van der Waals surface area (Å²) in [6, 6.07) is 1.76. The topological polar surface area (TPSA) is 49.9 Å². The number of rotatable bonds is 2. The Kier molecular flexibility index (Phi) is 2.95. The average Bonchev–Trinajstić information content (AvgIpc) is 2.27. The van der Waals surface area contributed by atoms with Crippen LogP contribution in [0.5, 0.6) is 0 Å². The van der Waals surface area contributed by atoms with Gasteiger partial charge in [-0.3, -0.25) is 9.59 Å². The molecule has 0 spiro atoms. The fraction of sp³-hybridized carbons (Fsp3) is 0.538. The van der Waals surface area contributed by atoms with Gasteiger partial charge in [0.25, 0.3) is 5.56 Å². The minimum absolute atomic E-state index is 0.253. The summed E-state index contributed by atoms with van der Waals surface area (Å²) < 4.78 is 0. The second-order valence-electron chi connectivity index (χ2n) is 4.92. The van der Waals surface area contributed by atoms with Crippen LogP contribution in [-0.4, -0.2) is 11.3 Å². The van der Waals surface area contributed by atoms with E-state index in [1.807, 2.05) is 0 Å². The van der Waals surface area contributed by atoms with Gasteiger partial charge in [0.2, 0.25) is 0 Å². The smallest absolute Gasteiger partial charge is 0.258 e. The Bertz CT molecular complexity index is 459. The van der Waals surface area contributed by atoms with Crippen LogP contribution in [-0.2, 0) is 12.8 Å². The van der Waals surface area contributed by atoms with Crippen LogP contribution in [0.15, 0.2) is 10.9 Å². The second kappa shape index (κ2) is 4.24. The average molecular weight is 219 g/mol. The maximum absolute atomic E-state index is 11.5. The zero-order valence-corrected chi connectivity index (χ0v) is 9.75. The summed E-state index contributed by atoms with van der Waals surface area (Å²) in [6.07, 6.45) is 3.66. The number of aldehydes is 1. The molecule has 86 valence electrons. The first kappa shape index (κ1) is 11.1. The quantitative estimate of drug-likeness (QED) is 0.773. The predicted molar refractivity (Wildman–Crippen MR) is 62.8 cm³/mol. The summed E-state index contributed by atoms with van der Waals surface area (Å²) in [5.74, 6) is 1.32. The van der Waals surface area contributed by atoms with Crippen LogP contribution in [0.3, 0.4) is 0 Å². The van der Waals surface area contributed by atoms with Crippen molar-refractivity contribution in [1.29, 1.82) is 0 Å². The number of aromatic amines is 1. The fourth-order valence-electron chi connectivity index (χ4n) is 2.41. The van der Waals surface area contributed by atoms with Crippen LogP contribution >= 0.6 is 0 Å². The van der Waals surface area contributed by atoms with Crippen molar-refractivity contribution in [3.63, 3.8) is 0 Å². The van der Waals surface area contributed by atoms with Crippen LogP contribution in [0.2, 0.25) is 0 Å². The Morgan fingerprint density at radius 1 is 1.50 bits per heavy atom. The first-order valence-electron chi connectivity index (χ1n) is 5.82. The third kappa shape index (κ3) is 1.94. The molecule has 1 heterocycles. The molecular formula is C13H17NO2. The molecule has 1 aromatic rings. The maximum atomic E-state index is 11.5. The standard InChI is InChI=1S/C13H17NO2/c1-8(2)9-3-4-12-10(5-9)6-11(7-15)13(16)14-12/h6-9H,3-5H2,1-2H3,(H,14,16). The molecule has 0 aliphatic heterocycles. The normalized spacial score (nSPS) is 19.6. The zero-order chi connectivity index (χ0) is 11.7. The van der Waals surface area contributed by atoms with Gasteiger partial charge >= 0.3 is 0 Å². The Morgan fingerprint density at radius 3 is 2.88 bits per heavy atom. The SMILES string of the molecule is CC(C)C1CCc2[nH]c(=O)c(C=O)cc2C1. The van der Waals surface area contributed by atoms with E-state index in [-0.39, 0.29) is 11.1 Å². The summed E-state index contributed by atoms with van der Waals surface area (Å²) >= 11 is 0. The number of carbonyl (C=O) groups excluding carboxylic acids is 1. The van der Waals surface area contributed by atoms with Crippen molar-refractivity contribution in [2.45, 2.75) is 33.1 Å². The van der Waals surface area contributed by atoms with Gasteiger partial charge in [0, 0.05) is 5.69 Å². The summed E-state index contributed by atoms with van der Waals surface area (Å²) in [4.78, 5) is 25.0. The fourth-order valence-corrected chi connectivity index (χ4v) is 2.41. The molecule has 0 fully saturated rings. The van der Waals surface area contributed by atoms with Gasteiger partial charge in [-0.2, -0.15) is 0 Å². The lowest BCUT2D eigenvalue weighted by Crippen LogP contribution is -2.24. The monoisotopic (exact) mass is 219 g/mol. The van der Waals surface area contributed by atoms with Crippen LogP contribution < -0.4 is 5.56 Å². The number of pyridine rings is 1. The molecule has 0 saturated heterocycles. The largest absolute Gasteiger partial charge is 0.325 e. The van der Waals surface area contributed by atoms with E-state index < -0.39 is 0 Å². The lowest BCUT2D eigenvalue weighted by Gasteiger charge is -2.27. The highest BCUT2D eigenvalue weighted by atomic mass is 16.1. The van der Waals surface area contributed by atoms with E-state index in [4.69, 9.17) is 0 Å². The van der Waals surface area contributed by atoms with Crippen molar-refractivity contribution in [3.8, 4) is 0 Å². The first-order chi connectivity index (χ1) is 7.61. The Morgan fingerprint density at radius 2 is 2.25 bits per heavy atom. The number of carbonyl (C=O) groups is 1. The Labute approximate surface area is 94.9 Å². The van der Waals surface area contributed by atoms with E-state index in [1.54, 1.807) is 6.07 Å². The summed E-state index contributed by atoms with van der Waals surface area (Å²) in [5.41, 5.74) is 2.17. The van der Waals surface area contributed by atoms with Crippen molar-refractivity contribution in [1.82, 2.24) is 4.98 Å². The molecule has 0 amide bonds. The molecule has 16 heavy (non-hydrogen) atoms. The molecule has 0 radical (unpaired) electrons. The van der Waals surface area contributed by atoms with E-state index in [9.17, 15) is 9.59 Å². The van der Waals surface area contributed by atoms with E-state index in [1.165, 1.54) is 0 Å². The summed E-state index contributed by atoms with van der Waals surface area (Å²) in [7, 11) is 0. The Balaban J connectivity index is 2.38. The second-order valence-corrected chi connectivity index (χ2v) is 4.92. The molecule has 0 aromatic carbocycles. The van der Waals surface area contributed by atoms with Crippen LogP contribution in [0, 0.1) is 11.8 Å². The van der Waals surface area contributed by atoms with E-state index >= 15 is 0 Å². The van der Waals surface area contributed by atoms with E-state index in [0.717, 1.165) is 30.5 Å². The highest BCUT2D eigenvalue weighted by Crippen LogP contribution is 2.28. The highest BCUT2D eigenvalue weighted by molar-refractivity contribution is 5.74. The number of hydrogen-bond acceptors (Lipinski definition) is 2. The van der Waals surface area contributed by atoms with Crippen molar-refractivity contribution in [2.75, 3.05) is 0 Å². The van der Waals surface area contributed by atoms with Crippen molar-refractivity contribution < 1.29 is 4.79 Å². The van der Waals surface area contributed by atoms with Gasteiger partial charge in [0.05, 0.1) is 5.56 Å². The summed E-state index contributed by atoms with van der Waals surface area (Å²) in [5, 5.41) is 0. The number of aryl methyl sites for hydroxylation is 1. The molecule has 3 nitrogen and oxygen atoms in total. The van der Waals surface area contributed by atoms with Crippen LogP contribution in [0.25, 0.3) is 0 Å². The van der Waals surface area contributed by atoms with Gasteiger partial charge in [-0.25, -0.2) is 0 Å². The Hall–Kier alpha value is -1.38. The van der Waals surface area contributed by atoms with Gasteiger partial charge in [-0.1, -0.05) is 13.8 Å². The van der Waals surface area contributed by atoms with Gasteiger partial charge in [-0.05, 0) is 42.7 Å². The summed E-state index contributed by atoms with van der Waals surface area (Å²) in [6.45, 7) is 4.45. The molecule has 1 N–H and O–H groups in total. The van der Waals surface area contributed by atoms with E-state index in [0.29, 0.717) is 18.1 Å². The molecule has 1 aromatic heterocycles. The van der Waals surface area contributed by atoms with Crippen LogP contribution in [0.1, 0.15) is 41.9 Å². The number of aromatic nitrogens is 1. The van der Waals surface area contributed by atoms with Gasteiger partial charge in [0.15, 0.2) is 6.29 Å². The third-order valence-corrected chi connectivity index (χ3v) is 3.56. The minimum atomic E-state index is -0.253. The molecular weight excluding hydrogens is 202 g/mol. The number of nitrogens with one attached hydrogen (secondary N) is 1. The van der Waals surface area contributed by atoms with Crippen molar-refractivity contribution >= 4 is 6.29 Å². The number of H-pyrrole nitrogens is 1. The van der Waals surface area contributed by atoms with Gasteiger partial charge < -0.3 is 4.98 Å². The minimum Gasteiger partial charge on any atom is -0.325 e. The lowest BCUT2D eigenvalue weighted by atomic mass is 9.80. The first-order valence-corrected chi connectivity index (χ1v) is 5.82. The molecule has 1 unspecified atom stereocenters. The molecule has 1 atom stereocenters. The lowest BCUT2D eigenvalue weighted by molar-refractivity contribution is 0.112. The maximum Gasteiger partial charge on any atom is 0.258 e. The number of hydrogen-bond donors (Lipinski definition) is 1. The van der Waals surface area contributed by atoms with Gasteiger partial charge in [0.1, 0.15) is 0 Å². The molecule has 2 rings (SSSR count). The predicted octanol–water partition coefficient (Wildman–Crippen LogP) is 1.95. The van der Waals surface area contributed by atoms with Crippen molar-refractivity contribution in [3.05, 3.63) is 33.2 Å². The zero-order valence-electron chi connectivity index (χ0n) is 9.75. The third-order valence-electron chi connectivity index (χ3n) is 3.56. The molecule has 1 aliphatic rings. The highest BCUT2D eigenvalue weighted by Gasteiger charge is 2.22. The van der Waals surface area contributed by atoms with E-state index in [2.05, 4.69) is 18.8 Å². The van der Waals surface area contributed by atoms with Crippen LogP contribution in [0.4, 0.5) is 0 Å². The molecule has 3 heteroatoms. The molecule has 0 bridgehead atoms. The van der Waals surface area contributed by atoms with Gasteiger partial charge in [-0.15, -0.1) is 0 Å². The van der Waals surface area contributed by atoms with Crippen molar-refractivity contribution in [2.24, 2.45) is 11.8 Å². The number of fused-ring (bicyclic) bond motifs is 1.